The molecule has 2 heteroatoms. The molecule has 0 aromatic rings. The van der Waals surface area contributed by atoms with E-state index >= 15 is 0 Å². The summed E-state index contributed by atoms with van der Waals surface area (Å²) in [7, 11) is 0. The van der Waals surface area contributed by atoms with Crippen molar-refractivity contribution in [1.82, 2.24) is 4.90 Å². The highest BCUT2D eigenvalue weighted by atomic mass is 16.3. The zero-order valence-electron chi connectivity index (χ0n) is 9.16. The lowest BCUT2D eigenvalue weighted by Crippen LogP contribution is -2.43. The molecule has 1 heterocycles. The van der Waals surface area contributed by atoms with E-state index in [1.807, 2.05) is 0 Å². The minimum Gasteiger partial charge on any atom is -0.393 e. The number of hydrogen-bond acceptors (Lipinski definition) is 2. The van der Waals surface area contributed by atoms with Gasteiger partial charge < -0.3 is 10.0 Å². The molecule has 1 fully saturated rings. The summed E-state index contributed by atoms with van der Waals surface area (Å²) in [6, 6.07) is 0. The molecular formula is C11H23NO. The lowest BCUT2D eigenvalue weighted by molar-refractivity contribution is 0.0196. The number of rotatable bonds is 3. The fourth-order valence-corrected chi connectivity index (χ4v) is 2.22. The summed E-state index contributed by atoms with van der Waals surface area (Å²) in [5, 5.41) is 9.80. The summed E-state index contributed by atoms with van der Waals surface area (Å²) < 4.78 is 0. The van der Waals surface area contributed by atoms with Crippen LogP contribution < -0.4 is 0 Å². The predicted octanol–water partition coefficient (Wildman–Crippen LogP) is 1.74. The van der Waals surface area contributed by atoms with E-state index in [1.54, 1.807) is 0 Å². The fourth-order valence-electron chi connectivity index (χ4n) is 2.22. The van der Waals surface area contributed by atoms with Gasteiger partial charge in [-0.25, -0.2) is 0 Å². The third-order valence-electron chi connectivity index (χ3n) is 3.00. The minimum atomic E-state index is -0.0507. The fraction of sp³-hybridized carbons (Fsp3) is 1.00. The molecule has 2 atom stereocenters. The number of likely N-dealkylation sites (tertiary alicyclic amines) is 1. The first-order chi connectivity index (χ1) is 6.13. The molecule has 1 rings (SSSR count). The van der Waals surface area contributed by atoms with E-state index in [1.165, 1.54) is 0 Å². The average Bonchev–Trinajstić information content (AvgIpc) is 2.08. The van der Waals surface area contributed by atoms with Crippen molar-refractivity contribution in [3.8, 4) is 0 Å². The van der Waals surface area contributed by atoms with Crippen molar-refractivity contribution in [3.63, 3.8) is 0 Å². The van der Waals surface area contributed by atoms with Crippen LogP contribution in [0.5, 0.6) is 0 Å². The predicted molar refractivity (Wildman–Crippen MR) is 55.7 cm³/mol. The molecule has 0 radical (unpaired) electrons. The van der Waals surface area contributed by atoms with E-state index in [0.717, 1.165) is 32.5 Å². The van der Waals surface area contributed by atoms with Gasteiger partial charge in [-0.05, 0) is 31.2 Å². The molecule has 0 amide bonds. The van der Waals surface area contributed by atoms with Crippen LogP contribution in [0.3, 0.4) is 0 Å². The molecule has 1 aliphatic rings. The van der Waals surface area contributed by atoms with Crippen LogP contribution in [0.1, 0.15) is 33.6 Å². The van der Waals surface area contributed by atoms with Crippen molar-refractivity contribution < 1.29 is 5.11 Å². The molecule has 2 unspecified atom stereocenters. The maximum Gasteiger partial charge on any atom is 0.0592 e. The van der Waals surface area contributed by atoms with E-state index in [2.05, 4.69) is 25.7 Å². The quantitative estimate of drug-likeness (QED) is 0.724. The summed E-state index contributed by atoms with van der Waals surface area (Å²) in [5.41, 5.74) is 0. The first-order valence-corrected chi connectivity index (χ1v) is 5.54. The smallest absolute Gasteiger partial charge is 0.0592 e. The Morgan fingerprint density at radius 2 is 2.15 bits per heavy atom. The average molecular weight is 185 g/mol. The number of aliphatic hydroxyl groups excluding tert-OH is 1. The highest BCUT2D eigenvalue weighted by Crippen LogP contribution is 2.23. The van der Waals surface area contributed by atoms with E-state index < -0.39 is 0 Å². The first-order valence-electron chi connectivity index (χ1n) is 5.54. The minimum absolute atomic E-state index is 0.0507. The Bertz CT molecular complexity index is 147. The van der Waals surface area contributed by atoms with Crippen LogP contribution in [0.4, 0.5) is 0 Å². The van der Waals surface area contributed by atoms with Crippen molar-refractivity contribution in [1.29, 1.82) is 0 Å². The Balaban J connectivity index is 2.40. The van der Waals surface area contributed by atoms with E-state index in [9.17, 15) is 5.11 Å². The van der Waals surface area contributed by atoms with Gasteiger partial charge in [-0.2, -0.15) is 0 Å². The Labute approximate surface area is 81.9 Å². The number of nitrogens with zero attached hydrogens (tertiary/aromatic N) is 1. The Kier molecular flexibility index (Phi) is 4.20. The Morgan fingerprint density at radius 3 is 2.69 bits per heavy atom. The van der Waals surface area contributed by atoms with Gasteiger partial charge in [0.2, 0.25) is 0 Å². The van der Waals surface area contributed by atoms with Gasteiger partial charge in [0.15, 0.2) is 0 Å². The van der Waals surface area contributed by atoms with Crippen LogP contribution in [0.25, 0.3) is 0 Å². The normalized spacial score (nSPS) is 31.2. The SMILES string of the molecule is CCN1CCC(O)C(CC(C)C)C1. The Morgan fingerprint density at radius 1 is 1.46 bits per heavy atom. The maximum absolute atomic E-state index is 9.80. The largest absolute Gasteiger partial charge is 0.393 e. The van der Waals surface area contributed by atoms with Gasteiger partial charge in [0.1, 0.15) is 0 Å². The molecule has 2 nitrogen and oxygen atoms in total. The van der Waals surface area contributed by atoms with Crippen molar-refractivity contribution in [2.75, 3.05) is 19.6 Å². The first kappa shape index (κ1) is 11.0. The third-order valence-corrected chi connectivity index (χ3v) is 3.00. The zero-order chi connectivity index (χ0) is 9.84. The van der Waals surface area contributed by atoms with Crippen molar-refractivity contribution in [2.45, 2.75) is 39.7 Å². The van der Waals surface area contributed by atoms with Crippen LogP contribution in [0.2, 0.25) is 0 Å². The molecule has 0 saturated carbocycles. The summed E-state index contributed by atoms with van der Waals surface area (Å²) >= 11 is 0. The standard InChI is InChI=1S/C11H23NO/c1-4-12-6-5-11(13)10(8-12)7-9(2)3/h9-11,13H,4-8H2,1-3H3. The van der Waals surface area contributed by atoms with Gasteiger partial charge in [-0.15, -0.1) is 0 Å². The van der Waals surface area contributed by atoms with Crippen molar-refractivity contribution in [3.05, 3.63) is 0 Å². The van der Waals surface area contributed by atoms with Gasteiger partial charge in [-0.1, -0.05) is 20.8 Å². The highest BCUT2D eigenvalue weighted by Gasteiger charge is 2.27. The van der Waals surface area contributed by atoms with E-state index in [4.69, 9.17) is 0 Å². The monoisotopic (exact) mass is 185 g/mol. The summed E-state index contributed by atoms with van der Waals surface area (Å²) in [5.74, 6) is 1.21. The molecule has 0 aromatic heterocycles. The van der Waals surface area contributed by atoms with Crippen molar-refractivity contribution >= 4 is 0 Å². The summed E-state index contributed by atoms with van der Waals surface area (Å²) in [6.45, 7) is 9.96. The summed E-state index contributed by atoms with van der Waals surface area (Å²) in [6.07, 6.45) is 2.08. The van der Waals surface area contributed by atoms with Crippen LogP contribution in [0.15, 0.2) is 0 Å². The molecule has 1 saturated heterocycles. The van der Waals surface area contributed by atoms with Crippen LogP contribution in [-0.4, -0.2) is 35.7 Å². The topological polar surface area (TPSA) is 23.5 Å². The number of hydrogen-bond donors (Lipinski definition) is 1. The van der Waals surface area contributed by atoms with E-state index in [0.29, 0.717) is 11.8 Å². The molecule has 13 heavy (non-hydrogen) atoms. The second-order valence-corrected chi connectivity index (χ2v) is 4.64. The number of aliphatic hydroxyl groups is 1. The summed E-state index contributed by atoms with van der Waals surface area (Å²) in [4.78, 5) is 2.44. The number of piperidine rings is 1. The van der Waals surface area contributed by atoms with Crippen LogP contribution in [-0.2, 0) is 0 Å². The third kappa shape index (κ3) is 3.28. The van der Waals surface area contributed by atoms with Gasteiger partial charge >= 0.3 is 0 Å². The molecule has 0 aromatic carbocycles. The van der Waals surface area contributed by atoms with Gasteiger partial charge in [-0.3, -0.25) is 0 Å². The second kappa shape index (κ2) is 4.97. The zero-order valence-corrected chi connectivity index (χ0v) is 9.16. The second-order valence-electron chi connectivity index (χ2n) is 4.64. The van der Waals surface area contributed by atoms with Crippen LogP contribution >= 0.6 is 0 Å². The van der Waals surface area contributed by atoms with E-state index in [-0.39, 0.29) is 6.10 Å². The molecule has 0 spiro atoms. The molecule has 78 valence electrons. The molecule has 1 aliphatic heterocycles. The molecule has 0 aliphatic carbocycles. The maximum atomic E-state index is 9.80. The van der Waals surface area contributed by atoms with Gasteiger partial charge in [0.05, 0.1) is 6.10 Å². The van der Waals surface area contributed by atoms with Crippen molar-refractivity contribution in [2.24, 2.45) is 11.8 Å². The lowest BCUT2D eigenvalue weighted by Gasteiger charge is -2.36. The molecule has 1 N–H and O–H groups in total. The lowest BCUT2D eigenvalue weighted by atomic mass is 9.87. The Hall–Kier alpha value is -0.0800. The van der Waals surface area contributed by atoms with Crippen LogP contribution in [0, 0.1) is 11.8 Å². The molecule has 0 bridgehead atoms. The molecular weight excluding hydrogens is 162 g/mol. The highest BCUT2D eigenvalue weighted by molar-refractivity contribution is 4.80. The van der Waals surface area contributed by atoms with Gasteiger partial charge in [0.25, 0.3) is 0 Å². The van der Waals surface area contributed by atoms with Gasteiger partial charge in [0, 0.05) is 13.1 Å².